The number of benzene rings is 2. The van der Waals surface area contributed by atoms with Gasteiger partial charge in [0.1, 0.15) is 5.75 Å². The lowest BCUT2D eigenvalue weighted by Crippen LogP contribution is -1.97. The van der Waals surface area contributed by atoms with Crippen LogP contribution in [0.5, 0.6) is 5.75 Å². The molecular weight excluding hydrogens is 296 g/mol. The zero-order chi connectivity index (χ0) is 14.6. The molecule has 0 N–H and O–H groups in total. The molecular formula is C15H13ClO3S. The summed E-state index contributed by atoms with van der Waals surface area (Å²) < 4.78 is 29.4. The van der Waals surface area contributed by atoms with E-state index in [0.717, 1.165) is 5.41 Å². The van der Waals surface area contributed by atoms with Crippen LogP contribution in [0.3, 0.4) is 0 Å². The molecule has 0 saturated carbocycles. The molecule has 0 fully saturated rings. The van der Waals surface area contributed by atoms with Gasteiger partial charge in [0.2, 0.25) is 9.84 Å². The molecule has 0 saturated heterocycles. The molecule has 0 atom stereocenters. The van der Waals surface area contributed by atoms with Crippen LogP contribution in [0.15, 0.2) is 64.9 Å². The Morgan fingerprint density at radius 1 is 1.05 bits per heavy atom. The molecule has 3 nitrogen and oxygen atoms in total. The van der Waals surface area contributed by atoms with Crippen molar-refractivity contribution < 1.29 is 13.2 Å². The van der Waals surface area contributed by atoms with Crippen molar-refractivity contribution in [1.29, 1.82) is 0 Å². The third-order valence-corrected chi connectivity index (χ3v) is 4.63. The summed E-state index contributed by atoms with van der Waals surface area (Å²) in [6.45, 7) is 0. The number of hydrogen-bond acceptors (Lipinski definition) is 3. The lowest BCUT2D eigenvalue weighted by atomic mass is 10.2. The fraction of sp³-hybridized carbons (Fsp3) is 0.0667. The van der Waals surface area contributed by atoms with Crippen LogP contribution < -0.4 is 4.74 Å². The van der Waals surface area contributed by atoms with Crippen molar-refractivity contribution in [3.05, 3.63) is 65.6 Å². The number of rotatable bonds is 4. The average Bonchev–Trinajstić information content (AvgIpc) is 2.48. The first kappa shape index (κ1) is 14.6. The van der Waals surface area contributed by atoms with Crippen LogP contribution in [-0.4, -0.2) is 15.5 Å². The van der Waals surface area contributed by atoms with Crippen molar-refractivity contribution in [2.24, 2.45) is 0 Å². The van der Waals surface area contributed by atoms with Gasteiger partial charge in [0.25, 0.3) is 0 Å². The highest BCUT2D eigenvalue weighted by atomic mass is 35.5. The first-order valence-electron chi connectivity index (χ1n) is 5.85. The van der Waals surface area contributed by atoms with Crippen LogP contribution in [0.4, 0.5) is 0 Å². The summed E-state index contributed by atoms with van der Waals surface area (Å²) in [4.78, 5) is 0.174. The van der Waals surface area contributed by atoms with E-state index >= 15 is 0 Å². The highest BCUT2D eigenvalue weighted by Gasteiger charge is 2.13. The maximum absolute atomic E-state index is 12.2. The Hall–Kier alpha value is -1.78. The fourth-order valence-electron chi connectivity index (χ4n) is 1.64. The molecule has 0 heterocycles. The molecule has 0 spiro atoms. The molecule has 0 bridgehead atoms. The summed E-state index contributed by atoms with van der Waals surface area (Å²) in [7, 11) is -2.06. The second-order valence-electron chi connectivity index (χ2n) is 4.05. The molecule has 2 aromatic carbocycles. The molecule has 0 aliphatic heterocycles. The van der Waals surface area contributed by atoms with Gasteiger partial charge in [-0.1, -0.05) is 41.9 Å². The highest BCUT2D eigenvalue weighted by molar-refractivity contribution is 7.94. The topological polar surface area (TPSA) is 43.4 Å². The lowest BCUT2D eigenvalue weighted by Gasteiger charge is -2.03. The smallest absolute Gasteiger partial charge is 0.201 e. The van der Waals surface area contributed by atoms with Gasteiger partial charge in [0.05, 0.1) is 22.4 Å². The Kier molecular flexibility index (Phi) is 4.47. The standard InChI is InChI=1S/C15H13ClO3S/c1-19-13-7-9-14(10-8-13)20(17,18)11-15(16)12-5-3-2-4-6-12/h2-11H,1H3/b15-11+. The molecule has 2 aromatic rings. The summed E-state index contributed by atoms with van der Waals surface area (Å²) in [5.41, 5.74) is 0.659. The van der Waals surface area contributed by atoms with Gasteiger partial charge in [-0.15, -0.1) is 0 Å². The van der Waals surface area contributed by atoms with Gasteiger partial charge in [-0.05, 0) is 29.8 Å². The summed E-state index contributed by atoms with van der Waals surface area (Å²) in [5.74, 6) is 0.599. The van der Waals surface area contributed by atoms with E-state index < -0.39 is 9.84 Å². The maximum Gasteiger partial charge on any atom is 0.201 e. The first-order valence-corrected chi connectivity index (χ1v) is 7.77. The second kappa shape index (κ2) is 6.11. The number of halogens is 1. The zero-order valence-corrected chi connectivity index (χ0v) is 12.4. The largest absolute Gasteiger partial charge is 0.497 e. The van der Waals surface area contributed by atoms with E-state index in [1.54, 1.807) is 36.4 Å². The summed E-state index contributed by atoms with van der Waals surface area (Å²) in [6, 6.07) is 15.1. The minimum absolute atomic E-state index is 0.174. The molecule has 0 aliphatic rings. The zero-order valence-electron chi connectivity index (χ0n) is 10.8. The van der Waals surface area contributed by atoms with Gasteiger partial charge in [-0.2, -0.15) is 0 Å². The van der Waals surface area contributed by atoms with Crippen LogP contribution >= 0.6 is 11.6 Å². The van der Waals surface area contributed by atoms with E-state index in [4.69, 9.17) is 16.3 Å². The van der Waals surface area contributed by atoms with Crippen LogP contribution in [0.1, 0.15) is 5.56 Å². The molecule has 0 aromatic heterocycles. The van der Waals surface area contributed by atoms with Gasteiger partial charge in [0.15, 0.2) is 0 Å². The summed E-state index contributed by atoms with van der Waals surface area (Å²) in [5, 5.41) is 1.24. The van der Waals surface area contributed by atoms with Crippen molar-refractivity contribution in [1.82, 2.24) is 0 Å². The minimum atomic E-state index is -3.58. The Labute approximate surface area is 123 Å². The summed E-state index contributed by atoms with van der Waals surface area (Å²) in [6.07, 6.45) is 0. The number of hydrogen-bond donors (Lipinski definition) is 0. The normalized spacial score (nSPS) is 12.2. The van der Waals surface area contributed by atoms with Gasteiger partial charge in [-0.3, -0.25) is 0 Å². The van der Waals surface area contributed by atoms with Crippen molar-refractivity contribution in [3.63, 3.8) is 0 Å². The molecule has 0 amide bonds. The molecule has 2 rings (SSSR count). The number of ether oxygens (including phenoxy) is 1. The molecule has 0 radical (unpaired) electrons. The third-order valence-electron chi connectivity index (χ3n) is 2.70. The Morgan fingerprint density at radius 3 is 2.20 bits per heavy atom. The van der Waals surface area contributed by atoms with E-state index in [0.29, 0.717) is 11.3 Å². The molecule has 5 heteroatoms. The van der Waals surface area contributed by atoms with Crippen molar-refractivity contribution in [3.8, 4) is 5.75 Å². The first-order chi connectivity index (χ1) is 9.53. The Morgan fingerprint density at radius 2 is 1.65 bits per heavy atom. The van der Waals surface area contributed by atoms with E-state index in [-0.39, 0.29) is 9.93 Å². The second-order valence-corrected chi connectivity index (χ2v) is 6.26. The van der Waals surface area contributed by atoms with Crippen LogP contribution in [0.2, 0.25) is 0 Å². The van der Waals surface area contributed by atoms with Crippen LogP contribution in [0, 0.1) is 0 Å². The monoisotopic (exact) mass is 308 g/mol. The lowest BCUT2D eigenvalue weighted by molar-refractivity contribution is 0.414. The van der Waals surface area contributed by atoms with E-state index in [2.05, 4.69) is 0 Å². The SMILES string of the molecule is COc1ccc(S(=O)(=O)/C=C(/Cl)c2ccccc2)cc1. The fourth-order valence-corrected chi connectivity index (χ4v) is 3.17. The van der Waals surface area contributed by atoms with Crippen molar-refractivity contribution in [2.75, 3.05) is 7.11 Å². The third kappa shape index (κ3) is 3.40. The number of methoxy groups -OCH3 is 1. The van der Waals surface area contributed by atoms with Gasteiger partial charge >= 0.3 is 0 Å². The minimum Gasteiger partial charge on any atom is -0.497 e. The van der Waals surface area contributed by atoms with E-state index in [9.17, 15) is 8.42 Å². The predicted molar refractivity (Wildman–Crippen MR) is 80.5 cm³/mol. The Balaban J connectivity index is 2.35. The van der Waals surface area contributed by atoms with Crippen molar-refractivity contribution in [2.45, 2.75) is 4.90 Å². The molecule has 20 heavy (non-hydrogen) atoms. The van der Waals surface area contributed by atoms with Crippen LogP contribution in [0.25, 0.3) is 5.03 Å². The maximum atomic E-state index is 12.2. The molecule has 0 unspecified atom stereocenters. The van der Waals surface area contributed by atoms with Crippen LogP contribution in [-0.2, 0) is 9.84 Å². The number of sulfone groups is 1. The summed E-state index contributed by atoms with van der Waals surface area (Å²) >= 11 is 6.06. The van der Waals surface area contributed by atoms with Gasteiger partial charge in [-0.25, -0.2) is 8.42 Å². The quantitative estimate of drug-likeness (QED) is 0.865. The predicted octanol–water partition coefficient (Wildman–Crippen LogP) is 3.71. The average molecular weight is 309 g/mol. The van der Waals surface area contributed by atoms with E-state index in [1.807, 2.05) is 6.07 Å². The molecule has 104 valence electrons. The van der Waals surface area contributed by atoms with Gasteiger partial charge < -0.3 is 4.74 Å². The van der Waals surface area contributed by atoms with Crippen molar-refractivity contribution >= 4 is 26.5 Å². The highest BCUT2D eigenvalue weighted by Crippen LogP contribution is 2.24. The van der Waals surface area contributed by atoms with Gasteiger partial charge in [0, 0.05) is 0 Å². The molecule has 0 aliphatic carbocycles. The van der Waals surface area contributed by atoms with E-state index in [1.165, 1.54) is 19.2 Å². The Bertz CT molecular complexity index is 705.